The largest absolute Gasteiger partial charge is 0.481 e. The molecule has 1 aromatic heterocycles. The third-order valence-electron chi connectivity index (χ3n) is 3.27. The van der Waals surface area contributed by atoms with Crippen molar-refractivity contribution >= 4 is 23.2 Å². The SMILES string of the molecule is CC(C)N1C(=O)CCC(C(=O)O)C1c1cscn1. The van der Waals surface area contributed by atoms with E-state index in [-0.39, 0.29) is 11.9 Å². The first-order valence-corrected chi connectivity index (χ1v) is 6.88. The number of aromatic nitrogens is 1. The molecule has 1 fully saturated rings. The van der Waals surface area contributed by atoms with Gasteiger partial charge >= 0.3 is 5.97 Å². The van der Waals surface area contributed by atoms with E-state index in [0.29, 0.717) is 18.5 Å². The Morgan fingerprint density at radius 1 is 1.61 bits per heavy atom. The van der Waals surface area contributed by atoms with Gasteiger partial charge in [-0.1, -0.05) is 0 Å². The zero-order valence-electron chi connectivity index (χ0n) is 10.4. The molecule has 6 heteroatoms. The summed E-state index contributed by atoms with van der Waals surface area (Å²) in [4.78, 5) is 29.3. The van der Waals surface area contributed by atoms with Crippen molar-refractivity contribution in [3.63, 3.8) is 0 Å². The summed E-state index contributed by atoms with van der Waals surface area (Å²) >= 11 is 1.42. The van der Waals surface area contributed by atoms with E-state index in [4.69, 9.17) is 0 Å². The summed E-state index contributed by atoms with van der Waals surface area (Å²) in [5, 5.41) is 11.2. The fraction of sp³-hybridized carbons (Fsp3) is 0.583. The molecule has 0 radical (unpaired) electrons. The van der Waals surface area contributed by atoms with Gasteiger partial charge in [-0.3, -0.25) is 9.59 Å². The van der Waals surface area contributed by atoms with Crippen LogP contribution in [0, 0.1) is 5.92 Å². The molecule has 0 spiro atoms. The van der Waals surface area contributed by atoms with Crippen molar-refractivity contribution in [1.29, 1.82) is 0 Å². The molecule has 1 aromatic rings. The quantitative estimate of drug-likeness (QED) is 0.909. The number of hydrogen-bond donors (Lipinski definition) is 1. The van der Waals surface area contributed by atoms with E-state index < -0.39 is 17.9 Å². The molecular formula is C12H16N2O3S. The normalized spacial score (nSPS) is 24.6. The third-order valence-corrected chi connectivity index (χ3v) is 3.87. The number of rotatable bonds is 3. The highest BCUT2D eigenvalue weighted by Crippen LogP contribution is 2.37. The first-order chi connectivity index (χ1) is 8.52. The number of piperidine rings is 1. The van der Waals surface area contributed by atoms with Crippen LogP contribution < -0.4 is 0 Å². The number of hydrogen-bond acceptors (Lipinski definition) is 4. The van der Waals surface area contributed by atoms with Gasteiger partial charge in [0.1, 0.15) is 0 Å². The molecule has 1 saturated heterocycles. The van der Waals surface area contributed by atoms with Gasteiger partial charge < -0.3 is 10.0 Å². The van der Waals surface area contributed by atoms with Crippen LogP contribution in [-0.2, 0) is 9.59 Å². The maximum absolute atomic E-state index is 12.0. The Labute approximate surface area is 109 Å². The van der Waals surface area contributed by atoms with Crippen molar-refractivity contribution in [1.82, 2.24) is 9.88 Å². The van der Waals surface area contributed by atoms with Gasteiger partial charge in [-0.2, -0.15) is 0 Å². The number of likely N-dealkylation sites (tertiary alicyclic amines) is 1. The van der Waals surface area contributed by atoms with Gasteiger partial charge in [0, 0.05) is 17.8 Å². The molecule has 1 amide bonds. The third kappa shape index (κ3) is 2.25. The maximum atomic E-state index is 12.0. The van der Waals surface area contributed by atoms with Gasteiger partial charge in [-0.25, -0.2) is 4.98 Å². The van der Waals surface area contributed by atoms with Crippen molar-refractivity contribution < 1.29 is 14.7 Å². The Morgan fingerprint density at radius 3 is 2.83 bits per heavy atom. The summed E-state index contributed by atoms with van der Waals surface area (Å²) in [5.41, 5.74) is 2.36. The van der Waals surface area contributed by atoms with Crippen molar-refractivity contribution in [3.05, 3.63) is 16.6 Å². The minimum Gasteiger partial charge on any atom is -0.481 e. The number of carboxylic acid groups (broad SMARTS) is 1. The predicted molar refractivity (Wildman–Crippen MR) is 67.2 cm³/mol. The molecule has 0 saturated carbocycles. The Kier molecular flexibility index (Phi) is 3.65. The van der Waals surface area contributed by atoms with Crippen LogP contribution in [0.25, 0.3) is 0 Å². The summed E-state index contributed by atoms with van der Waals surface area (Å²) < 4.78 is 0. The second kappa shape index (κ2) is 5.06. The van der Waals surface area contributed by atoms with Crippen LogP contribution in [0.1, 0.15) is 38.4 Å². The van der Waals surface area contributed by atoms with Gasteiger partial charge in [-0.05, 0) is 20.3 Å². The minimum absolute atomic E-state index is 0.0144. The number of carbonyl (C=O) groups excluding carboxylic acids is 1. The Morgan fingerprint density at radius 2 is 2.33 bits per heavy atom. The molecule has 5 nitrogen and oxygen atoms in total. The van der Waals surface area contributed by atoms with Crippen LogP contribution >= 0.6 is 11.3 Å². The van der Waals surface area contributed by atoms with Crippen LogP contribution in [-0.4, -0.2) is 32.9 Å². The van der Waals surface area contributed by atoms with Gasteiger partial charge in [0.05, 0.1) is 23.2 Å². The summed E-state index contributed by atoms with van der Waals surface area (Å²) in [5.74, 6) is -1.40. The zero-order valence-corrected chi connectivity index (χ0v) is 11.2. The fourth-order valence-corrected chi connectivity index (χ4v) is 3.08. The molecule has 2 heterocycles. The summed E-state index contributed by atoms with van der Waals surface area (Å²) in [6.07, 6.45) is 0.690. The Bertz CT molecular complexity index is 444. The number of aliphatic carboxylic acids is 1. The molecule has 1 aliphatic rings. The van der Waals surface area contributed by atoms with Crippen LogP contribution in [0.4, 0.5) is 0 Å². The van der Waals surface area contributed by atoms with Crippen LogP contribution in [0.3, 0.4) is 0 Å². The molecule has 0 aromatic carbocycles. The van der Waals surface area contributed by atoms with Crippen LogP contribution in [0.5, 0.6) is 0 Å². The lowest BCUT2D eigenvalue weighted by atomic mass is 9.86. The lowest BCUT2D eigenvalue weighted by molar-refractivity contribution is -0.153. The molecule has 98 valence electrons. The summed E-state index contributed by atoms with van der Waals surface area (Å²) in [6, 6.07) is -0.457. The highest BCUT2D eigenvalue weighted by atomic mass is 32.1. The molecule has 0 aliphatic carbocycles. The van der Waals surface area contributed by atoms with Gasteiger partial charge in [0.2, 0.25) is 5.91 Å². The standard InChI is InChI=1S/C12H16N2O3S/c1-7(2)14-10(15)4-3-8(12(16)17)11(14)9-5-18-6-13-9/h5-8,11H,3-4H2,1-2H3,(H,16,17). The van der Waals surface area contributed by atoms with E-state index >= 15 is 0 Å². The maximum Gasteiger partial charge on any atom is 0.309 e. The average Bonchev–Trinajstić information content (AvgIpc) is 2.80. The van der Waals surface area contributed by atoms with Gasteiger partial charge in [0.25, 0.3) is 0 Å². The lowest BCUT2D eigenvalue weighted by Gasteiger charge is -2.41. The number of carbonyl (C=O) groups is 2. The number of nitrogens with zero attached hydrogens (tertiary/aromatic N) is 2. The number of amides is 1. The Balaban J connectivity index is 2.41. The van der Waals surface area contributed by atoms with E-state index in [1.165, 1.54) is 11.3 Å². The monoisotopic (exact) mass is 268 g/mol. The van der Waals surface area contributed by atoms with Crippen molar-refractivity contribution in [2.24, 2.45) is 5.92 Å². The predicted octanol–water partition coefficient (Wildman–Crippen LogP) is 1.92. The van der Waals surface area contributed by atoms with Crippen molar-refractivity contribution in [2.45, 2.75) is 38.8 Å². The smallest absolute Gasteiger partial charge is 0.309 e. The van der Waals surface area contributed by atoms with Crippen molar-refractivity contribution in [3.8, 4) is 0 Å². The first-order valence-electron chi connectivity index (χ1n) is 5.94. The lowest BCUT2D eigenvalue weighted by Crippen LogP contribution is -2.48. The molecular weight excluding hydrogens is 252 g/mol. The molecule has 2 unspecified atom stereocenters. The summed E-state index contributed by atoms with van der Waals surface area (Å²) in [6.45, 7) is 3.81. The number of carboxylic acids is 1. The number of thiazole rings is 1. The molecule has 2 rings (SSSR count). The minimum atomic E-state index is -0.855. The molecule has 2 atom stereocenters. The zero-order chi connectivity index (χ0) is 13.3. The highest BCUT2D eigenvalue weighted by Gasteiger charge is 2.42. The first kappa shape index (κ1) is 13.0. The molecule has 1 N–H and O–H groups in total. The second-order valence-corrected chi connectivity index (χ2v) is 5.45. The highest BCUT2D eigenvalue weighted by molar-refractivity contribution is 7.07. The van der Waals surface area contributed by atoms with Gasteiger partial charge in [-0.15, -0.1) is 11.3 Å². The van der Waals surface area contributed by atoms with E-state index in [1.807, 2.05) is 19.2 Å². The summed E-state index contributed by atoms with van der Waals surface area (Å²) in [7, 11) is 0. The topological polar surface area (TPSA) is 70.5 Å². The van der Waals surface area contributed by atoms with E-state index in [2.05, 4.69) is 4.98 Å². The average molecular weight is 268 g/mol. The molecule has 18 heavy (non-hydrogen) atoms. The van der Waals surface area contributed by atoms with Crippen LogP contribution in [0.15, 0.2) is 10.9 Å². The Hall–Kier alpha value is -1.43. The molecule has 0 bridgehead atoms. The second-order valence-electron chi connectivity index (χ2n) is 4.74. The fourth-order valence-electron chi connectivity index (χ4n) is 2.50. The van der Waals surface area contributed by atoms with E-state index in [1.54, 1.807) is 10.4 Å². The van der Waals surface area contributed by atoms with Crippen LogP contribution in [0.2, 0.25) is 0 Å². The van der Waals surface area contributed by atoms with Crippen molar-refractivity contribution in [2.75, 3.05) is 0 Å². The van der Waals surface area contributed by atoms with Gasteiger partial charge in [0.15, 0.2) is 0 Å². The molecule has 1 aliphatic heterocycles. The van der Waals surface area contributed by atoms with E-state index in [0.717, 1.165) is 0 Å². The van der Waals surface area contributed by atoms with E-state index in [9.17, 15) is 14.7 Å².